The number of rotatable bonds is 3. The number of amides is 2. The van der Waals surface area contributed by atoms with Crippen molar-refractivity contribution in [3.8, 4) is 0 Å². The van der Waals surface area contributed by atoms with Crippen LogP contribution in [0.15, 0.2) is 54.6 Å². The standard InChI is InChI=1S/C21H25N3O3/c1-15-13-24(14-16(2)27-15)21(26)20(25)22-18-11-7-8-12-19(18)23(3)17-9-5-4-6-10-17/h4-12,15-16H,13-14H2,1-3H3,(H,22,25)/t15-,16-/m1/s1. The molecule has 0 bridgehead atoms. The molecule has 0 saturated carbocycles. The molecule has 1 aliphatic heterocycles. The van der Waals surface area contributed by atoms with Gasteiger partial charge in [-0.1, -0.05) is 30.3 Å². The summed E-state index contributed by atoms with van der Waals surface area (Å²) in [6.07, 6.45) is -0.163. The zero-order chi connectivity index (χ0) is 19.4. The molecule has 2 atom stereocenters. The van der Waals surface area contributed by atoms with Crippen LogP contribution < -0.4 is 10.2 Å². The van der Waals surface area contributed by atoms with E-state index in [-0.39, 0.29) is 12.2 Å². The van der Waals surface area contributed by atoms with E-state index in [1.165, 1.54) is 0 Å². The molecule has 3 rings (SSSR count). The molecule has 1 heterocycles. The Balaban J connectivity index is 1.76. The van der Waals surface area contributed by atoms with Gasteiger partial charge in [0.1, 0.15) is 0 Å². The molecule has 0 aromatic heterocycles. The van der Waals surface area contributed by atoms with Gasteiger partial charge < -0.3 is 19.9 Å². The fourth-order valence-electron chi connectivity index (χ4n) is 3.33. The summed E-state index contributed by atoms with van der Waals surface area (Å²) in [5, 5.41) is 2.78. The van der Waals surface area contributed by atoms with Crippen molar-refractivity contribution in [3.05, 3.63) is 54.6 Å². The van der Waals surface area contributed by atoms with Gasteiger partial charge in [0.15, 0.2) is 0 Å². The molecule has 2 aromatic rings. The third-order valence-corrected chi connectivity index (χ3v) is 4.56. The molecule has 1 aliphatic rings. The van der Waals surface area contributed by atoms with Crippen molar-refractivity contribution in [2.24, 2.45) is 0 Å². The highest BCUT2D eigenvalue weighted by atomic mass is 16.5. The van der Waals surface area contributed by atoms with Crippen molar-refractivity contribution < 1.29 is 14.3 Å². The van der Waals surface area contributed by atoms with E-state index < -0.39 is 11.8 Å². The van der Waals surface area contributed by atoms with Gasteiger partial charge in [-0.05, 0) is 38.1 Å². The Hall–Kier alpha value is -2.86. The van der Waals surface area contributed by atoms with E-state index in [4.69, 9.17) is 4.74 Å². The molecular formula is C21H25N3O3. The van der Waals surface area contributed by atoms with Gasteiger partial charge in [0.25, 0.3) is 0 Å². The average Bonchev–Trinajstić information content (AvgIpc) is 2.67. The van der Waals surface area contributed by atoms with Gasteiger partial charge in [0.2, 0.25) is 0 Å². The van der Waals surface area contributed by atoms with Crippen LogP contribution in [0.25, 0.3) is 0 Å². The first-order chi connectivity index (χ1) is 13.0. The topological polar surface area (TPSA) is 61.9 Å². The van der Waals surface area contributed by atoms with Crippen LogP contribution in [-0.4, -0.2) is 49.1 Å². The number of nitrogens with zero attached hydrogens (tertiary/aromatic N) is 2. The van der Waals surface area contributed by atoms with Crippen LogP contribution in [0, 0.1) is 0 Å². The summed E-state index contributed by atoms with van der Waals surface area (Å²) in [6.45, 7) is 4.64. The fourth-order valence-corrected chi connectivity index (χ4v) is 3.33. The quantitative estimate of drug-likeness (QED) is 0.847. The molecule has 27 heavy (non-hydrogen) atoms. The minimum atomic E-state index is -0.634. The summed E-state index contributed by atoms with van der Waals surface area (Å²) >= 11 is 0. The smallest absolute Gasteiger partial charge is 0.313 e. The number of hydrogen-bond acceptors (Lipinski definition) is 4. The van der Waals surface area contributed by atoms with Crippen molar-refractivity contribution in [3.63, 3.8) is 0 Å². The van der Waals surface area contributed by atoms with Gasteiger partial charge in [0.05, 0.1) is 23.6 Å². The van der Waals surface area contributed by atoms with E-state index >= 15 is 0 Å². The SMILES string of the molecule is C[C@@H]1CN(C(=O)C(=O)Nc2ccccc2N(C)c2ccccc2)C[C@@H](C)O1. The Morgan fingerprint density at radius 2 is 1.59 bits per heavy atom. The normalized spacial score (nSPS) is 19.4. The Labute approximate surface area is 159 Å². The number of morpholine rings is 1. The highest BCUT2D eigenvalue weighted by Crippen LogP contribution is 2.30. The molecule has 0 aliphatic carbocycles. The lowest BCUT2D eigenvalue weighted by atomic mass is 10.2. The van der Waals surface area contributed by atoms with E-state index in [9.17, 15) is 9.59 Å². The van der Waals surface area contributed by atoms with Crippen LogP contribution in [0.3, 0.4) is 0 Å². The van der Waals surface area contributed by atoms with Crippen LogP contribution in [0.2, 0.25) is 0 Å². The number of benzene rings is 2. The molecule has 142 valence electrons. The Morgan fingerprint density at radius 3 is 2.26 bits per heavy atom. The van der Waals surface area contributed by atoms with Gasteiger partial charge >= 0.3 is 11.8 Å². The molecule has 1 N–H and O–H groups in total. The summed E-state index contributed by atoms with van der Waals surface area (Å²) in [5.74, 6) is -1.17. The van der Waals surface area contributed by atoms with Crippen LogP contribution in [-0.2, 0) is 14.3 Å². The molecule has 6 heteroatoms. The van der Waals surface area contributed by atoms with Crippen LogP contribution >= 0.6 is 0 Å². The second-order valence-electron chi connectivity index (χ2n) is 6.83. The van der Waals surface area contributed by atoms with E-state index in [2.05, 4.69) is 5.32 Å². The number of carbonyl (C=O) groups excluding carboxylic acids is 2. The maximum Gasteiger partial charge on any atom is 0.313 e. The average molecular weight is 367 g/mol. The lowest BCUT2D eigenvalue weighted by Crippen LogP contribution is -2.51. The maximum absolute atomic E-state index is 12.6. The summed E-state index contributed by atoms with van der Waals surface area (Å²) in [7, 11) is 1.92. The highest BCUT2D eigenvalue weighted by molar-refractivity contribution is 6.39. The lowest BCUT2D eigenvalue weighted by Gasteiger charge is -2.34. The molecule has 1 saturated heterocycles. The van der Waals surface area contributed by atoms with Crippen molar-refractivity contribution in [2.75, 3.05) is 30.4 Å². The van der Waals surface area contributed by atoms with E-state index in [1.54, 1.807) is 11.0 Å². The molecule has 0 spiro atoms. The summed E-state index contributed by atoms with van der Waals surface area (Å²) in [4.78, 5) is 28.7. The van der Waals surface area contributed by atoms with Gasteiger partial charge in [-0.2, -0.15) is 0 Å². The van der Waals surface area contributed by atoms with E-state index in [0.717, 1.165) is 11.4 Å². The molecule has 0 radical (unpaired) electrons. The number of anilines is 3. The Bertz CT molecular complexity index is 799. The predicted molar refractivity (Wildman–Crippen MR) is 106 cm³/mol. The molecule has 2 amide bonds. The van der Waals surface area contributed by atoms with Gasteiger partial charge in [-0.3, -0.25) is 9.59 Å². The summed E-state index contributed by atoms with van der Waals surface area (Å²) in [5.41, 5.74) is 2.39. The van der Waals surface area contributed by atoms with Crippen molar-refractivity contribution in [1.29, 1.82) is 0 Å². The molecule has 1 fully saturated rings. The van der Waals surface area contributed by atoms with Crippen molar-refractivity contribution in [1.82, 2.24) is 4.90 Å². The zero-order valence-electron chi connectivity index (χ0n) is 15.9. The number of ether oxygens (including phenoxy) is 1. The minimum Gasteiger partial charge on any atom is -0.372 e. The van der Waals surface area contributed by atoms with Crippen LogP contribution in [0.1, 0.15) is 13.8 Å². The van der Waals surface area contributed by atoms with Crippen molar-refractivity contribution in [2.45, 2.75) is 26.1 Å². The summed E-state index contributed by atoms with van der Waals surface area (Å²) in [6, 6.07) is 17.3. The largest absolute Gasteiger partial charge is 0.372 e. The second-order valence-corrected chi connectivity index (χ2v) is 6.83. The zero-order valence-corrected chi connectivity index (χ0v) is 15.9. The highest BCUT2D eigenvalue weighted by Gasteiger charge is 2.30. The molecule has 6 nitrogen and oxygen atoms in total. The van der Waals surface area contributed by atoms with Gasteiger partial charge in [-0.15, -0.1) is 0 Å². The number of hydrogen-bond donors (Lipinski definition) is 1. The molecular weight excluding hydrogens is 342 g/mol. The first kappa shape index (κ1) is 18.9. The Morgan fingerprint density at radius 1 is 1.00 bits per heavy atom. The van der Waals surface area contributed by atoms with Crippen molar-refractivity contribution >= 4 is 28.9 Å². The number of nitrogens with one attached hydrogen (secondary N) is 1. The van der Waals surface area contributed by atoms with E-state index in [1.807, 2.05) is 74.3 Å². The molecule has 2 aromatic carbocycles. The monoisotopic (exact) mass is 367 g/mol. The first-order valence-corrected chi connectivity index (χ1v) is 9.09. The van der Waals surface area contributed by atoms with Crippen LogP contribution in [0.5, 0.6) is 0 Å². The minimum absolute atomic E-state index is 0.0815. The van der Waals surface area contributed by atoms with Crippen LogP contribution in [0.4, 0.5) is 17.1 Å². The lowest BCUT2D eigenvalue weighted by molar-refractivity contribution is -0.151. The Kier molecular flexibility index (Phi) is 5.76. The number of carbonyl (C=O) groups is 2. The maximum atomic E-state index is 12.6. The fraction of sp³-hybridized carbons (Fsp3) is 0.333. The first-order valence-electron chi connectivity index (χ1n) is 9.09. The second kappa shape index (κ2) is 8.22. The third kappa shape index (κ3) is 4.46. The third-order valence-electron chi connectivity index (χ3n) is 4.56. The van der Waals surface area contributed by atoms with E-state index in [0.29, 0.717) is 18.8 Å². The van der Waals surface area contributed by atoms with Gasteiger partial charge in [-0.25, -0.2) is 0 Å². The summed E-state index contributed by atoms with van der Waals surface area (Å²) < 4.78 is 5.63. The molecule has 0 unspecified atom stereocenters. The predicted octanol–water partition coefficient (Wildman–Crippen LogP) is 3.03. The van der Waals surface area contributed by atoms with Gasteiger partial charge in [0, 0.05) is 25.8 Å². The number of para-hydroxylation sites is 3.